The zero-order valence-corrected chi connectivity index (χ0v) is 42.4. The molecule has 0 bridgehead atoms. The van der Waals surface area contributed by atoms with E-state index in [4.69, 9.17) is 38.1 Å². The summed E-state index contributed by atoms with van der Waals surface area (Å²) in [6, 6.07) is 20.2. The largest absolute Gasteiger partial charge is 0.407 e. The number of thioether (sulfide) groups is 1. The fraction of sp³-hybridized carbons (Fsp3) is 0.614. The molecule has 0 radical (unpaired) electrons. The van der Waals surface area contributed by atoms with Crippen molar-refractivity contribution in [2.45, 2.75) is 75.3 Å². The number of hydrogen-bond donors (Lipinski definition) is 4. The number of carbonyl (C=O) groups excluding carboxylic acids is 3. The molecule has 2 aliphatic rings. The van der Waals surface area contributed by atoms with Crippen molar-refractivity contribution >= 4 is 80.4 Å². The SMILES string of the molecule is CC(C)(CNC(=O)CCOCCOCCOCCOCCNC(=O)CCCC[C@@H]1SC[C@@H]2NC(=O)N[C@@H]21)O[Si](OC/C(Br)=C(\Br)COCCCN=[N+]=[N-])(c1ccccc1)c1ccccc1. The van der Waals surface area contributed by atoms with Crippen LogP contribution >= 0.6 is 43.6 Å². The molecule has 0 saturated carbocycles. The van der Waals surface area contributed by atoms with Crippen molar-refractivity contribution in [3.05, 3.63) is 80.1 Å². The average molecular weight is 1070 g/mol. The van der Waals surface area contributed by atoms with Crippen LogP contribution in [-0.4, -0.2) is 147 Å². The van der Waals surface area contributed by atoms with E-state index < -0.39 is 14.2 Å². The Hall–Kier alpha value is -3.05. The quantitative estimate of drug-likeness (QED) is 0.0176. The summed E-state index contributed by atoms with van der Waals surface area (Å²) in [5.41, 5.74) is 7.65. The fourth-order valence-electron chi connectivity index (χ4n) is 6.94. The highest BCUT2D eigenvalue weighted by atomic mass is 79.9. The van der Waals surface area contributed by atoms with Crippen molar-refractivity contribution in [2.24, 2.45) is 5.11 Å². The third-order valence-electron chi connectivity index (χ3n) is 10.2. The molecule has 4 rings (SSSR count). The highest BCUT2D eigenvalue weighted by Crippen LogP contribution is 2.33. The monoisotopic (exact) mass is 1070 g/mol. The molecule has 0 unspecified atom stereocenters. The van der Waals surface area contributed by atoms with Crippen LogP contribution in [-0.2, 0) is 42.1 Å². The van der Waals surface area contributed by atoms with E-state index in [1.165, 1.54) is 0 Å². The summed E-state index contributed by atoms with van der Waals surface area (Å²) in [7, 11) is -3.39. The van der Waals surface area contributed by atoms with Gasteiger partial charge in [-0.15, -0.1) is 0 Å². The average Bonchev–Trinajstić information content (AvgIpc) is 3.87. The molecule has 4 amide bonds. The number of carbonyl (C=O) groups is 3. The summed E-state index contributed by atoms with van der Waals surface area (Å²) in [4.78, 5) is 39.4. The lowest BCUT2D eigenvalue weighted by Gasteiger charge is -2.39. The standard InChI is InChI=1S/C44H65Br2N7O10SSi/c1-44(2,63-65(34-12-5-3-6-13-34,35-14-7-4-8-15-35)62-31-37(46)36(45)30-61-21-11-19-50-53-47)33-49-41(55)18-22-57-24-26-59-28-29-60-27-25-58-23-20-48-40(54)17-10-9-16-39-42-38(32-64-39)51-43(56)52-42/h3-8,12-15,38-39,42H,9-11,16-33H2,1-2H3,(H,48,54)(H,49,55)(H2,51,52,56)/b37-36+/t38-,39-,42-/m0/s1. The maximum Gasteiger partial charge on any atom is 0.407 e. The minimum atomic E-state index is -3.39. The van der Waals surface area contributed by atoms with Crippen molar-refractivity contribution in [3.8, 4) is 0 Å². The number of benzene rings is 2. The van der Waals surface area contributed by atoms with E-state index >= 15 is 0 Å². The number of fused-ring (bicyclic) bond motifs is 1. The van der Waals surface area contributed by atoms with Gasteiger partial charge >= 0.3 is 14.6 Å². The van der Waals surface area contributed by atoms with Crippen LogP contribution in [0.15, 0.2) is 74.7 Å². The summed E-state index contributed by atoms with van der Waals surface area (Å²) < 4.78 is 43.6. The van der Waals surface area contributed by atoms with Gasteiger partial charge in [0.1, 0.15) is 0 Å². The molecule has 360 valence electrons. The van der Waals surface area contributed by atoms with E-state index in [1.54, 1.807) is 0 Å². The molecule has 0 aromatic heterocycles. The molecule has 0 spiro atoms. The number of unbranched alkanes of at least 4 members (excludes halogenated alkanes) is 1. The van der Waals surface area contributed by atoms with Gasteiger partial charge in [0.25, 0.3) is 0 Å². The van der Waals surface area contributed by atoms with Crippen molar-refractivity contribution in [3.63, 3.8) is 0 Å². The number of rotatable bonds is 35. The van der Waals surface area contributed by atoms with E-state index in [0.29, 0.717) is 90.6 Å². The van der Waals surface area contributed by atoms with Crippen molar-refractivity contribution in [1.82, 2.24) is 21.3 Å². The van der Waals surface area contributed by atoms with Gasteiger partial charge in [-0.05, 0) is 49.0 Å². The van der Waals surface area contributed by atoms with Gasteiger partial charge in [0.15, 0.2) is 0 Å². The predicted octanol–water partition coefficient (Wildman–Crippen LogP) is 5.19. The molecule has 17 nitrogen and oxygen atoms in total. The van der Waals surface area contributed by atoms with Gasteiger partial charge in [-0.25, -0.2) is 4.79 Å². The fourth-order valence-corrected chi connectivity index (χ4v) is 12.6. The molecular formula is C44H65Br2N7O10SSi. The van der Waals surface area contributed by atoms with Gasteiger partial charge in [0.05, 0.1) is 83.8 Å². The number of nitrogens with zero attached hydrogens (tertiary/aromatic N) is 3. The van der Waals surface area contributed by atoms with Crippen LogP contribution in [0.5, 0.6) is 0 Å². The molecule has 2 aromatic rings. The first-order valence-electron chi connectivity index (χ1n) is 22.1. The first-order valence-corrected chi connectivity index (χ1v) is 26.6. The lowest BCUT2D eigenvalue weighted by Crippen LogP contribution is -2.67. The highest BCUT2D eigenvalue weighted by molar-refractivity contribution is 9.14. The van der Waals surface area contributed by atoms with Crippen LogP contribution in [0.3, 0.4) is 0 Å². The second-order valence-corrected chi connectivity index (χ2v) is 21.9. The Morgan fingerprint density at radius 1 is 0.785 bits per heavy atom. The Bertz CT molecular complexity index is 1760. The van der Waals surface area contributed by atoms with E-state index in [0.717, 1.165) is 44.4 Å². The molecule has 2 heterocycles. The van der Waals surface area contributed by atoms with E-state index in [-0.39, 0.29) is 56.1 Å². The van der Waals surface area contributed by atoms with E-state index in [9.17, 15) is 14.4 Å². The second-order valence-electron chi connectivity index (χ2n) is 15.9. The molecule has 2 aliphatic heterocycles. The van der Waals surface area contributed by atoms with Gasteiger partial charge in [-0.3, -0.25) is 9.59 Å². The first-order chi connectivity index (χ1) is 31.5. The third-order valence-corrected chi connectivity index (χ3v) is 17.2. The van der Waals surface area contributed by atoms with Gasteiger partial charge in [-0.1, -0.05) is 104 Å². The van der Waals surface area contributed by atoms with E-state index in [2.05, 4.69) is 63.2 Å². The molecule has 4 N–H and O–H groups in total. The number of urea groups is 1. The smallest absolute Gasteiger partial charge is 0.383 e. The Labute approximate surface area is 405 Å². The maximum absolute atomic E-state index is 12.9. The molecule has 2 fully saturated rings. The van der Waals surface area contributed by atoms with Crippen LogP contribution < -0.4 is 31.6 Å². The number of azide groups is 1. The minimum Gasteiger partial charge on any atom is -0.383 e. The van der Waals surface area contributed by atoms with E-state index in [1.807, 2.05) is 86.3 Å². The summed E-state index contributed by atoms with van der Waals surface area (Å²) in [5, 5.41) is 17.7. The van der Waals surface area contributed by atoms with Crippen molar-refractivity contribution in [2.75, 3.05) is 98.1 Å². The van der Waals surface area contributed by atoms with Crippen LogP contribution in [0.1, 0.15) is 52.4 Å². The molecule has 2 aromatic carbocycles. The number of halogens is 2. The van der Waals surface area contributed by atoms with Crippen molar-refractivity contribution in [1.29, 1.82) is 0 Å². The van der Waals surface area contributed by atoms with Crippen molar-refractivity contribution < 1.29 is 46.9 Å². The Morgan fingerprint density at radius 2 is 1.38 bits per heavy atom. The zero-order chi connectivity index (χ0) is 46.6. The normalized spacial score (nSPS) is 17.4. The summed E-state index contributed by atoms with van der Waals surface area (Å²) in [5.74, 6) is 0.807. The van der Waals surface area contributed by atoms with Gasteiger partial charge in [-0.2, -0.15) is 11.8 Å². The number of nitrogens with one attached hydrogen (secondary N) is 4. The lowest BCUT2D eigenvalue weighted by molar-refractivity contribution is -0.123. The van der Waals surface area contributed by atoms with Crippen LogP contribution in [0.4, 0.5) is 4.79 Å². The Morgan fingerprint density at radius 3 is 2.03 bits per heavy atom. The summed E-state index contributed by atoms with van der Waals surface area (Å²) >= 11 is 9.18. The number of amides is 4. The van der Waals surface area contributed by atoms with Gasteiger partial charge in [0, 0.05) is 64.0 Å². The lowest BCUT2D eigenvalue weighted by atomic mass is 10.0. The predicted molar refractivity (Wildman–Crippen MR) is 261 cm³/mol. The molecule has 0 aliphatic carbocycles. The maximum atomic E-state index is 12.9. The van der Waals surface area contributed by atoms with Crippen LogP contribution in [0.2, 0.25) is 0 Å². The third kappa shape index (κ3) is 20.8. The Kier molecular flexibility index (Phi) is 26.1. The molecule has 21 heteroatoms. The molecule has 3 atom stereocenters. The highest BCUT2D eigenvalue weighted by Gasteiger charge is 2.47. The van der Waals surface area contributed by atoms with Gasteiger partial charge < -0.3 is 53.8 Å². The van der Waals surface area contributed by atoms with Crippen LogP contribution in [0, 0.1) is 0 Å². The Balaban J connectivity index is 1.04. The molecular weight excluding hydrogens is 1010 g/mol. The van der Waals surface area contributed by atoms with Gasteiger partial charge in [0.2, 0.25) is 11.8 Å². The number of ether oxygens (including phenoxy) is 5. The zero-order valence-electron chi connectivity index (χ0n) is 37.4. The summed E-state index contributed by atoms with van der Waals surface area (Å²) in [6.07, 6.45) is 4.06. The molecule has 2 saturated heterocycles. The summed E-state index contributed by atoms with van der Waals surface area (Å²) in [6.45, 7) is 8.93. The first kappa shape index (κ1) is 54.6. The minimum absolute atomic E-state index is 0.0231. The topological polar surface area (TPSA) is 213 Å². The molecule has 65 heavy (non-hydrogen) atoms. The van der Waals surface area contributed by atoms with Crippen LogP contribution in [0.25, 0.3) is 10.4 Å². The second kappa shape index (κ2) is 31.1. The number of hydrogen-bond acceptors (Lipinski definition) is 12.